The Hall–Kier alpha value is -0.940. The predicted molar refractivity (Wildman–Crippen MR) is 68.1 cm³/mol. The molecule has 0 saturated carbocycles. The molecule has 0 saturated heterocycles. The Kier molecular flexibility index (Phi) is 4.44. The van der Waals surface area contributed by atoms with Gasteiger partial charge in [0.25, 0.3) is 0 Å². The van der Waals surface area contributed by atoms with Gasteiger partial charge in [0.15, 0.2) is 0 Å². The first kappa shape index (κ1) is 13.1. The molecule has 5 heteroatoms. The Labute approximate surface area is 104 Å². The van der Waals surface area contributed by atoms with Crippen LogP contribution in [0.3, 0.4) is 0 Å². The van der Waals surface area contributed by atoms with Crippen molar-refractivity contribution in [3.8, 4) is 0 Å². The van der Waals surface area contributed by atoms with Gasteiger partial charge in [-0.05, 0) is 40.4 Å². The van der Waals surface area contributed by atoms with Crippen molar-refractivity contribution in [2.75, 3.05) is 5.32 Å². The molecule has 88 valence electrons. The van der Waals surface area contributed by atoms with Crippen LogP contribution in [0.4, 0.5) is 5.69 Å². The van der Waals surface area contributed by atoms with Gasteiger partial charge in [-0.1, -0.05) is 13.8 Å². The number of nitrogens with one attached hydrogen (secondary N) is 1. The van der Waals surface area contributed by atoms with Crippen molar-refractivity contribution >= 4 is 27.5 Å². The number of nitrogens with two attached hydrogens (primary N) is 1. The number of aromatic nitrogens is 1. The molecule has 4 nitrogen and oxygen atoms in total. The molecule has 0 bridgehead atoms. The van der Waals surface area contributed by atoms with Crippen LogP contribution in [0.2, 0.25) is 0 Å². The van der Waals surface area contributed by atoms with E-state index in [1.54, 1.807) is 6.20 Å². The topological polar surface area (TPSA) is 68.0 Å². The molecule has 1 amide bonds. The van der Waals surface area contributed by atoms with Crippen LogP contribution in [0.5, 0.6) is 0 Å². The molecular formula is C11H16BrN3O. The van der Waals surface area contributed by atoms with Crippen LogP contribution >= 0.6 is 15.9 Å². The highest BCUT2D eigenvalue weighted by molar-refractivity contribution is 9.10. The number of carbonyl (C=O) groups is 1. The van der Waals surface area contributed by atoms with E-state index >= 15 is 0 Å². The van der Waals surface area contributed by atoms with Crippen molar-refractivity contribution in [3.05, 3.63) is 22.4 Å². The zero-order chi connectivity index (χ0) is 12.3. The smallest absolute Gasteiger partial charge is 0.241 e. The highest BCUT2D eigenvalue weighted by atomic mass is 79.9. The van der Waals surface area contributed by atoms with Crippen molar-refractivity contribution in [1.29, 1.82) is 0 Å². The number of aryl methyl sites for hydroxylation is 1. The molecule has 16 heavy (non-hydrogen) atoms. The van der Waals surface area contributed by atoms with Crippen LogP contribution in [0.15, 0.2) is 16.9 Å². The third kappa shape index (κ3) is 3.28. The maximum absolute atomic E-state index is 11.7. The number of halogens is 1. The second kappa shape index (κ2) is 5.41. The summed E-state index contributed by atoms with van der Waals surface area (Å²) in [6, 6.07) is 1.35. The molecule has 1 heterocycles. The fourth-order valence-corrected chi connectivity index (χ4v) is 1.37. The van der Waals surface area contributed by atoms with Gasteiger partial charge in [-0.2, -0.15) is 0 Å². The fraction of sp³-hybridized carbons (Fsp3) is 0.455. The molecule has 1 atom stereocenters. The summed E-state index contributed by atoms with van der Waals surface area (Å²) in [6.07, 6.45) is 1.60. The molecule has 0 spiro atoms. The van der Waals surface area contributed by atoms with Crippen molar-refractivity contribution in [2.45, 2.75) is 26.8 Å². The molecular weight excluding hydrogens is 270 g/mol. The van der Waals surface area contributed by atoms with E-state index in [4.69, 9.17) is 5.73 Å². The summed E-state index contributed by atoms with van der Waals surface area (Å²) in [7, 11) is 0. The molecule has 0 aromatic carbocycles. The average Bonchev–Trinajstić information content (AvgIpc) is 2.22. The van der Waals surface area contributed by atoms with Gasteiger partial charge in [-0.3, -0.25) is 4.79 Å². The van der Waals surface area contributed by atoms with Gasteiger partial charge in [0.05, 0.1) is 17.9 Å². The minimum Gasteiger partial charge on any atom is -0.323 e. The van der Waals surface area contributed by atoms with E-state index in [1.165, 1.54) is 0 Å². The maximum Gasteiger partial charge on any atom is 0.241 e. The molecule has 0 unspecified atom stereocenters. The van der Waals surface area contributed by atoms with Crippen LogP contribution < -0.4 is 11.1 Å². The minimum absolute atomic E-state index is 0.115. The van der Waals surface area contributed by atoms with E-state index < -0.39 is 6.04 Å². The fourth-order valence-electron chi connectivity index (χ4n) is 1.15. The minimum atomic E-state index is -0.496. The van der Waals surface area contributed by atoms with Crippen LogP contribution in [-0.4, -0.2) is 16.9 Å². The molecule has 0 aliphatic heterocycles. The van der Waals surface area contributed by atoms with E-state index in [1.807, 2.05) is 26.8 Å². The van der Waals surface area contributed by atoms with Crippen molar-refractivity contribution in [2.24, 2.45) is 11.7 Å². The first-order chi connectivity index (χ1) is 7.41. The largest absolute Gasteiger partial charge is 0.323 e. The summed E-state index contributed by atoms with van der Waals surface area (Å²) < 4.78 is 0.777. The van der Waals surface area contributed by atoms with Gasteiger partial charge in [-0.15, -0.1) is 0 Å². The van der Waals surface area contributed by atoms with Gasteiger partial charge < -0.3 is 11.1 Å². The Morgan fingerprint density at radius 3 is 2.69 bits per heavy atom. The van der Waals surface area contributed by atoms with Crippen molar-refractivity contribution < 1.29 is 4.79 Å². The molecule has 1 rings (SSSR count). The van der Waals surface area contributed by atoms with E-state index in [2.05, 4.69) is 26.2 Å². The van der Waals surface area contributed by atoms with E-state index in [-0.39, 0.29) is 11.8 Å². The lowest BCUT2D eigenvalue weighted by Crippen LogP contribution is -2.39. The monoisotopic (exact) mass is 285 g/mol. The summed E-state index contributed by atoms with van der Waals surface area (Å²) in [5.41, 5.74) is 7.37. The Morgan fingerprint density at radius 1 is 1.56 bits per heavy atom. The predicted octanol–water partition coefficient (Wildman–Crippen LogP) is 2.07. The number of hydrogen-bond donors (Lipinski definition) is 2. The lowest BCUT2D eigenvalue weighted by molar-refractivity contribution is -0.118. The standard InChI is InChI=1S/C11H16BrN3O/c1-6(2)9(13)11(16)15-8-4-7(3)10(12)14-5-8/h4-6,9H,13H2,1-3H3,(H,15,16)/t9-/m0/s1. The summed E-state index contributed by atoms with van der Waals surface area (Å²) in [6.45, 7) is 5.74. The molecule has 3 N–H and O–H groups in total. The highest BCUT2D eigenvalue weighted by Crippen LogP contribution is 2.17. The Balaban J connectivity index is 2.74. The third-order valence-corrected chi connectivity index (χ3v) is 3.13. The lowest BCUT2D eigenvalue weighted by atomic mass is 10.1. The molecule has 0 aliphatic rings. The van der Waals surface area contributed by atoms with Crippen LogP contribution in [0.1, 0.15) is 19.4 Å². The number of nitrogens with zero attached hydrogens (tertiary/aromatic N) is 1. The summed E-state index contributed by atoms with van der Waals surface area (Å²) in [4.78, 5) is 15.8. The molecule has 0 fully saturated rings. The SMILES string of the molecule is Cc1cc(NC(=O)[C@@H](N)C(C)C)cnc1Br. The number of anilines is 1. The first-order valence-corrected chi connectivity index (χ1v) is 5.89. The zero-order valence-electron chi connectivity index (χ0n) is 9.62. The highest BCUT2D eigenvalue weighted by Gasteiger charge is 2.17. The Bertz CT molecular complexity index is 393. The van der Waals surface area contributed by atoms with E-state index in [0.29, 0.717) is 5.69 Å². The number of amides is 1. The zero-order valence-corrected chi connectivity index (χ0v) is 11.2. The number of pyridine rings is 1. The quantitative estimate of drug-likeness (QED) is 0.836. The number of carbonyl (C=O) groups excluding carboxylic acids is 1. The van der Waals surface area contributed by atoms with E-state index in [0.717, 1.165) is 10.2 Å². The van der Waals surface area contributed by atoms with Gasteiger partial charge >= 0.3 is 0 Å². The number of hydrogen-bond acceptors (Lipinski definition) is 3. The van der Waals surface area contributed by atoms with Crippen molar-refractivity contribution in [3.63, 3.8) is 0 Å². The van der Waals surface area contributed by atoms with Crippen LogP contribution in [0.25, 0.3) is 0 Å². The second-order valence-electron chi connectivity index (χ2n) is 4.09. The lowest BCUT2D eigenvalue weighted by Gasteiger charge is -2.15. The molecule has 1 aromatic heterocycles. The van der Waals surface area contributed by atoms with Crippen LogP contribution in [0, 0.1) is 12.8 Å². The maximum atomic E-state index is 11.7. The summed E-state index contributed by atoms with van der Waals surface area (Å²) in [5.74, 6) is -0.0666. The normalized spacial score (nSPS) is 12.6. The van der Waals surface area contributed by atoms with Crippen LogP contribution in [-0.2, 0) is 4.79 Å². The van der Waals surface area contributed by atoms with Crippen molar-refractivity contribution in [1.82, 2.24) is 4.98 Å². The average molecular weight is 286 g/mol. The van der Waals surface area contributed by atoms with Gasteiger partial charge in [0, 0.05) is 0 Å². The molecule has 1 aromatic rings. The molecule has 0 radical (unpaired) electrons. The second-order valence-corrected chi connectivity index (χ2v) is 4.84. The van der Waals surface area contributed by atoms with Gasteiger partial charge in [0.2, 0.25) is 5.91 Å². The summed E-state index contributed by atoms with van der Waals surface area (Å²) in [5, 5.41) is 2.74. The van der Waals surface area contributed by atoms with Gasteiger partial charge in [0.1, 0.15) is 4.60 Å². The van der Waals surface area contributed by atoms with Gasteiger partial charge in [-0.25, -0.2) is 4.98 Å². The molecule has 0 aliphatic carbocycles. The first-order valence-electron chi connectivity index (χ1n) is 5.10. The Morgan fingerprint density at radius 2 is 2.19 bits per heavy atom. The number of rotatable bonds is 3. The summed E-state index contributed by atoms with van der Waals surface area (Å²) >= 11 is 3.30. The van der Waals surface area contributed by atoms with E-state index in [9.17, 15) is 4.79 Å². The third-order valence-electron chi connectivity index (χ3n) is 2.30.